The lowest BCUT2D eigenvalue weighted by Gasteiger charge is -2.07. The van der Waals surface area contributed by atoms with E-state index >= 15 is 0 Å². The van der Waals surface area contributed by atoms with Gasteiger partial charge in [0.25, 0.3) is 0 Å². The highest BCUT2D eigenvalue weighted by Crippen LogP contribution is 2.22. The molecule has 0 radical (unpaired) electrons. The minimum atomic E-state index is -3.03. The van der Waals surface area contributed by atoms with Gasteiger partial charge in [0.15, 0.2) is 15.5 Å². The van der Waals surface area contributed by atoms with Gasteiger partial charge >= 0.3 is 0 Å². The van der Waals surface area contributed by atoms with Gasteiger partial charge in [0.2, 0.25) is 0 Å². The smallest absolute Gasteiger partial charge is 0.176 e. The van der Waals surface area contributed by atoms with Crippen molar-refractivity contribution in [1.29, 1.82) is 5.26 Å². The number of halogens is 1. The van der Waals surface area contributed by atoms with Gasteiger partial charge in [-0.3, -0.25) is 4.68 Å². The molecule has 0 saturated heterocycles. The van der Waals surface area contributed by atoms with Crippen LogP contribution in [-0.2, 0) is 22.8 Å². The van der Waals surface area contributed by atoms with Gasteiger partial charge in [0.05, 0.1) is 15.9 Å². The zero-order chi connectivity index (χ0) is 15.2. The highest BCUT2D eigenvalue weighted by Gasteiger charge is 2.18. The average molecular weight is 362 g/mol. The van der Waals surface area contributed by atoms with E-state index in [4.69, 9.17) is 5.26 Å². The van der Waals surface area contributed by atoms with Crippen molar-refractivity contribution in [2.45, 2.75) is 46.1 Å². The molecule has 1 aromatic rings. The largest absolute Gasteiger partial charge is 0.267 e. The van der Waals surface area contributed by atoms with Gasteiger partial charge in [-0.25, -0.2) is 8.42 Å². The second kappa shape index (κ2) is 7.79. The topological polar surface area (TPSA) is 75.8 Å². The number of nitrogens with zero attached hydrogens (tertiary/aromatic N) is 3. The zero-order valence-corrected chi connectivity index (χ0v) is 14.3. The Morgan fingerprint density at radius 1 is 1.30 bits per heavy atom. The molecule has 5 nitrogen and oxygen atoms in total. The van der Waals surface area contributed by atoms with Gasteiger partial charge < -0.3 is 0 Å². The summed E-state index contributed by atoms with van der Waals surface area (Å²) >= 11 is 3.36. The molecule has 0 spiro atoms. The van der Waals surface area contributed by atoms with Crippen LogP contribution in [0.25, 0.3) is 0 Å². The summed E-state index contributed by atoms with van der Waals surface area (Å²) in [5.41, 5.74) is 1.12. The van der Waals surface area contributed by atoms with Crippen LogP contribution >= 0.6 is 15.9 Å². The van der Waals surface area contributed by atoms with E-state index in [1.165, 1.54) is 0 Å². The Morgan fingerprint density at radius 2 is 2.00 bits per heavy atom. The Hall–Kier alpha value is -0.870. The summed E-state index contributed by atoms with van der Waals surface area (Å²) in [4.78, 5) is 0. The van der Waals surface area contributed by atoms with Crippen LogP contribution in [0.1, 0.15) is 44.5 Å². The normalized spacial score (nSPS) is 11.5. The molecule has 0 N–H and O–H groups in total. The van der Waals surface area contributed by atoms with Crippen LogP contribution in [0.15, 0.2) is 4.47 Å². The van der Waals surface area contributed by atoms with Crippen molar-refractivity contribution in [3.05, 3.63) is 15.9 Å². The van der Waals surface area contributed by atoms with Gasteiger partial charge in [0, 0.05) is 18.7 Å². The third kappa shape index (κ3) is 4.60. The van der Waals surface area contributed by atoms with Crippen LogP contribution in [0.3, 0.4) is 0 Å². The molecule has 0 aliphatic carbocycles. The van der Waals surface area contributed by atoms with E-state index in [9.17, 15) is 8.42 Å². The SMILES string of the molecule is CCCCn1nc(C#N)c(Br)c1CCS(=O)(=O)CCC. The Bertz CT molecular complexity index is 587. The van der Waals surface area contributed by atoms with Crippen molar-refractivity contribution in [3.8, 4) is 6.07 Å². The third-order valence-electron chi connectivity index (χ3n) is 2.99. The Morgan fingerprint density at radius 3 is 2.55 bits per heavy atom. The molecule has 0 aliphatic rings. The Balaban J connectivity index is 2.92. The Labute approximate surface area is 129 Å². The van der Waals surface area contributed by atoms with Crippen molar-refractivity contribution in [3.63, 3.8) is 0 Å². The first-order valence-electron chi connectivity index (χ1n) is 6.80. The van der Waals surface area contributed by atoms with Crippen molar-refractivity contribution >= 4 is 25.8 Å². The molecule has 7 heteroatoms. The molecule has 112 valence electrons. The van der Waals surface area contributed by atoms with E-state index in [1.54, 1.807) is 4.68 Å². The van der Waals surface area contributed by atoms with Gasteiger partial charge in [-0.2, -0.15) is 10.4 Å². The number of hydrogen-bond acceptors (Lipinski definition) is 4. The van der Waals surface area contributed by atoms with Gasteiger partial charge in [-0.15, -0.1) is 0 Å². The van der Waals surface area contributed by atoms with Crippen molar-refractivity contribution in [1.82, 2.24) is 9.78 Å². The molecule has 0 unspecified atom stereocenters. The van der Waals surface area contributed by atoms with Crippen molar-refractivity contribution in [2.24, 2.45) is 0 Å². The maximum Gasteiger partial charge on any atom is 0.176 e. The maximum absolute atomic E-state index is 11.8. The molecule has 0 aromatic carbocycles. The molecule has 0 aliphatic heterocycles. The van der Waals surface area contributed by atoms with Crippen LogP contribution in [-0.4, -0.2) is 29.7 Å². The molecular weight excluding hydrogens is 342 g/mol. The lowest BCUT2D eigenvalue weighted by Crippen LogP contribution is -2.15. The minimum absolute atomic E-state index is 0.0993. The first kappa shape index (κ1) is 17.2. The fraction of sp³-hybridized carbons (Fsp3) is 0.692. The first-order chi connectivity index (χ1) is 9.45. The molecule has 0 saturated carbocycles. The van der Waals surface area contributed by atoms with E-state index in [1.807, 2.05) is 13.0 Å². The van der Waals surface area contributed by atoms with Gasteiger partial charge in [-0.05, 0) is 28.8 Å². The highest BCUT2D eigenvalue weighted by atomic mass is 79.9. The average Bonchev–Trinajstić information content (AvgIpc) is 2.70. The van der Waals surface area contributed by atoms with E-state index in [-0.39, 0.29) is 11.5 Å². The molecule has 0 amide bonds. The summed E-state index contributed by atoms with van der Waals surface area (Å²) in [5.74, 6) is 0.306. The molecule has 1 aromatic heterocycles. The molecule has 0 fully saturated rings. The summed E-state index contributed by atoms with van der Waals surface area (Å²) in [6.07, 6.45) is 2.99. The van der Waals surface area contributed by atoms with Gasteiger partial charge in [0.1, 0.15) is 6.07 Å². The summed E-state index contributed by atoms with van der Waals surface area (Å²) in [7, 11) is -3.03. The van der Waals surface area contributed by atoms with Crippen LogP contribution in [0.2, 0.25) is 0 Å². The number of nitriles is 1. The van der Waals surface area contributed by atoms with E-state index in [2.05, 4.69) is 28.0 Å². The summed E-state index contributed by atoms with van der Waals surface area (Å²) in [6, 6.07) is 2.03. The zero-order valence-electron chi connectivity index (χ0n) is 11.9. The fourth-order valence-electron chi connectivity index (χ4n) is 1.94. The predicted molar refractivity (Wildman–Crippen MR) is 82.2 cm³/mol. The number of hydrogen-bond donors (Lipinski definition) is 0. The molecule has 0 bridgehead atoms. The number of aryl methyl sites for hydroxylation is 1. The molecule has 1 heterocycles. The van der Waals surface area contributed by atoms with Crippen LogP contribution in [0, 0.1) is 11.3 Å². The summed E-state index contributed by atoms with van der Waals surface area (Å²) < 4.78 is 26.0. The van der Waals surface area contributed by atoms with Crippen LogP contribution in [0.4, 0.5) is 0 Å². The van der Waals surface area contributed by atoms with Crippen LogP contribution in [0.5, 0.6) is 0 Å². The second-order valence-corrected chi connectivity index (χ2v) is 7.80. The number of sulfone groups is 1. The minimum Gasteiger partial charge on any atom is -0.267 e. The lowest BCUT2D eigenvalue weighted by molar-refractivity contribution is 0.547. The molecule has 0 atom stereocenters. The first-order valence-corrected chi connectivity index (χ1v) is 9.42. The third-order valence-corrected chi connectivity index (χ3v) is 5.68. The molecule has 1 rings (SSSR count). The standard InChI is InChI=1S/C13H20BrN3O2S/c1-3-5-7-17-12(13(14)11(10-15)16-17)6-9-20(18,19)8-4-2/h3-9H2,1-2H3. The van der Waals surface area contributed by atoms with E-state index in [0.717, 1.165) is 18.5 Å². The van der Waals surface area contributed by atoms with Crippen molar-refractivity contribution < 1.29 is 8.42 Å². The molecular formula is C13H20BrN3O2S. The molecule has 20 heavy (non-hydrogen) atoms. The quantitative estimate of drug-likeness (QED) is 0.713. The highest BCUT2D eigenvalue weighted by molar-refractivity contribution is 9.10. The predicted octanol–water partition coefficient (Wildman–Crippen LogP) is 2.68. The van der Waals surface area contributed by atoms with E-state index < -0.39 is 9.84 Å². The van der Waals surface area contributed by atoms with Crippen molar-refractivity contribution in [2.75, 3.05) is 11.5 Å². The summed E-state index contributed by atoms with van der Waals surface area (Å²) in [6.45, 7) is 4.64. The number of rotatable bonds is 8. The lowest BCUT2D eigenvalue weighted by atomic mass is 10.3. The number of unbranched alkanes of at least 4 members (excludes halogenated alkanes) is 1. The maximum atomic E-state index is 11.8. The summed E-state index contributed by atoms with van der Waals surface area (Å²) in [5, 5.41) is 13.2. The fourth-order valence-corrected chi connectivity index (χ4v) is 3.84. The monoisotopic (exact) mass is 361 g/mol. The van der Waals surface area contributed by atoms with Gasteiger partial charge in [-0.1, -0.05) is 20.3 Å². The second-order valence-electron chi connectivity index (χ2n) is 4.70. The number of aromatic nitrogens is 2. The Kier molecular flexibility index (Phi) is 6.69. The van der Waals surface area contributed by atoms with Crippen LogP contribution < -0.4 is 0 Å². The van der Waals surface area contributed by atoms with E-state index in [0.29, 0.717) is 29.6 Å².